The number of methoxy groups -OCH3 is 1. The van der Waals surface area contributed by atoms with Gasteiger partial charge in [0, 0.05) is 31.3 Å². The number of aromatic hydroxyl groups is 1. The second kappa shape index (κ2) is 31.6. The Morgan fingerprint density at radius 3 is 1.67 bits per heavy atom. The molecule has 21 heteroatoms. The smallest absolute Gasteiger partial charge is 0.360 e. The normalized spacial score (nSPS) is 10.8. The van der Waals surface area contributed by atoms with Gasteiger partial charge in [0.1, 0.15) is 18.9 Å². The van der Waals surface area contributed by atoms with E-state index >= 15 is 0 Å². The van der Waals surface area contributed by atoms with Crippen molar-refractivity contribution in [3.8, 4) is 40.2 Å². The summed E-state index contributed by atoms with van der Waals surface area (Å²) in [4.78, 5) is 81.8. The number of ketones is 1. The van der Waals surface area contributed by atoms with E-state index in [-0.39, 0.29) is 71.8 Å². The van der Waals surface area contributed by atoms with Crippen molar-refractivity contribution in [3.05, 3.63) is 253 Å². The van der Waals surface area contributed by atoms with Crippen LogP contribution >= 0.6 is 11.6 Å². The molecule has 0 spiro atoms. The Balaban J connectivity index is 0.000000183. The molecule has 83 heavy (non-hydrogen) atoms. The lowest BCUT2D eigenvalue weighted by molar-refractivity contribution is -0.115. The van der Waals surface area contributed by atoms with Crippen LogP contribution in [0.2, 0.25) is 0 Å². The van der Waals surface area contributed by atoms with Gasteiger partial charge in [-0.25, -0.2) is 21.3 Å². The van der Waals surface area contributed by atoms with E-state index in [0.29, 0.717) is 23.7 Å². The largest absolute Gasteiger partial charge is 0.503 e. The Morgan fingerprint density at radius 2 is 1.18 bits per heavy atom. The quantitative estimate of drug-likeness (QED) is 0.0537. The Labute approximate surface area is 482 Å². The van der Waals surface area contributed by atoms with E-state index in [1.807, 2.05) is 97.1 Å². The fourth-order valence-corrected chi connectivity index (χ4v) is 8.17. The van der Waals surface area contributed by atoms with Crippen molar-refractivity contribution in [3.63, 3.8) is 0 Å². The van der Waals surface area contributed by atoms with Gasteiger partial charge in [-0.05, 0) is 53.5 Å². The number of halogens is 1. The number of pyridine rings is 1. The van der Waals surface area contributed by atoms with Crippen molar-refractivity contribution in [1.29, 1.82) is 0 Å². The van der Waals surface area contributed by atoms with Gasteiger partial charge in [-0.2, -0.15) is 0 Å². The highest BCUT2D eigenvalue weighted by Gasteiger charge is 2.34. The number of Topliss-reactive ketones (excluding diaryl/α,β-unsaturated/α-hetero) is 1. The van der Waals surface area contributed by atoms with Gasteiger partial charge in [0.25, 0.3) is 11.8 Å². The molecule has 0 radical (unpaired) electrons. The van der Waals surface area contributed by atoms with Gasteiger partial charge in [-0.3, -0.25) is 33.7 Å². The average Bonchev–Trinajstić information content (AvgIpc) is 4.02. The van der Waals surface area contributed by atoms with E-state index in [1.165, 1.54) is 64.5 Å². The zero-order chi connectivity index (χ0) is 59.7. The van der Waals surface area contributed by atoms with Crippen molar-refractivity contribution < 1.29 is 51.4 Å². The first-order valence-electron chi connectivity index (χ1n) is 25.8. The second-order valence-electron chi connectivity index (χ2n) is 17.5. The summed E-state index contributed by atoms with van der Waals surface area (Å²) in [6.07, 6.45) is 6.37. The fourth-order valence-electron chi connectivity index (χ4n) is 8.04. The first-order valence-corrected chi connectivity index (χ1v) is 26.2. The van der Waals surface area contributed by atoms with E-state index in [0.717, 1.165) is 34.9 Å². The van der Waals surface area contributed by atoms with Crippen LogP contribution in [0.4, 0.5) is 0 Å². The molecule has 0 saturated heterocycles. The van der Waals surface area contributed by atoms with Gasteiger partial charge in [0.2, 0.25) is 50.8 Å². The third-order valence-corrected chi connectivity index (χ3v) is 12.3. The van der Waals surface area contributed by atoms with E-state index in [1.54, 1.807) is 10.9 Å². The standard InChI is InChI=1S/C22H17N3O3.C17H13NO6.C13H9ClO4.C6H15N.C4H5NO/c26-18-11-12-24-20(21(18)27)22-17(23-14-28-22)13-25(24)19(15-7-3-1-4-8-15)16-9-5-2-6-10-16;1-21-17(20)13-15(24-10-18-13)16-14(12(19)7-8-22-16)23-9-11-5-3-2-4-6-11;14-13(16)12-11(10(15)6-7-17-12)18-8-9-4-2-1-3-5-9;1-4-7(5-2)6-3;1-4(6)3-5-2/h1-12,14,19,27H,13H2;2-8,10H,9H2,1H3;1-7H,8H2;4-6H2,1-3H3;3H2,1H3. The third kappa shape index (κ3) is 17.0. The summed E-state index contributed by atoms with van der Waals surface area (Å²) < 4.78 is 38.2. The number of aromatic nitrogens is 3. The zero-order valence-corrected chi connectivity index (χ0v) is 46.8. The van der Waals surface area contributed by atoms with Crippen LogP contribution in [0.3, 0.4) is 0 Å². The highest BCUT2D eigenvalue weighted by atomic mass is 35.5. The predicted octanol–water partition coefficient (Wildman–Crippen LogP) is 10.6. The number of hydrogen-bond donors (Lipinski definition) is 1. The number of oxazole rings is 2. The number of ether oxygens (including phenoxy) is 3. The topological polar surface area (TPSA) is 244 Å². The molecular formula is C62H59ClN6O14. The van der Waals surface area contributed by atoms with Crippen molar-refractivity contribution >= 4 is 28.6 Å². The molecule has 5 aromatic heterocycles. The molecular weight excluding hydrogens is 1090 g/mol. The summed E-state index contributed by atoms with van der Waals surface area (Å²) >= 11 is 5.31. The van der Waals surface area contributed by atoms with Gasteiger partial charge in [-0.1, -0.05) is 142 Å². The molecule has 0 atom stereocenters. The summed E-state index contributed by atoms with van der Waals surface area (Å²) in [6, 6.07) is 42.4. The summed E-state index contributed by atoms with van der Waals surface area (Å²) in [5, 5.41) is 11.7. The molecule has 0 saturated carbocycles. The minimum Gasteiger partial charge on any atom is -0.503 e. The van der Waals surface area contributed by atoms with Crippen LogP contribution in [0.25, 0.3) is 27.8 Å². The van der Waals surface area contributed by atoms with Gasteiger partial charge >= 0.3 is 5.97 Å². The van der Waals surface area contributed by atoms with Crippen LogP contribution in [0.15, 0.2) is 203 Å². The maximum absolute atomic E-state index is 12.1. The molecule has 1 N–H and O–H groups in total. The molecule has 1 aliphatic heterocycles. The highest BCUT2D eigenvalue weighted by molar-refractivity contribution is 6.67. The summed E-state index contributed by atoms with van der Waals surface area (Å²) in [6.45, 7) is 18.5. The highest BCUT2D eigenvalue weighted by Crippen LogP contribution is 2.39. The van der Waals surface area contributed by atoms with Crippen LogP contribution in [0.1, 0.15) is 82.7 Å². The first kappa shape index (κ1) is 62.1. The Morgan fingerprint density at radius 1 is 0.675 bits per heavy atom. The Hall–Kier alpha value is -10.1. The first-order chi connectivity index (χ1) is 40.2. The summed E-state index contributed by atoms with van der Waals surface area (Å²) in [5.74, 6) is -1.25. The summed E-state index contributed by atoms with van der Waals surface area (Å²) in [5.41, 5.74) is 3.52. The van der Waals surface area contributed by atoms with Crippen molar-refractivity contribution in [2.45, 2.75) is 53.5 Å². The number of nitrogens with zero attached hydrogens (tertiary/aromatic N) is 6. The molecule has 0 fully saturated rings. The number of fused-ring (bicyclic) bond motifs is 3. The lowest BCUT2D eigenvalue weighted by Gasteiger charge is -2.39. The molecule has 4 aromatic carbocycles. The molecule has 9 aromatic rings. The average molecular weight is 1150 g/mol. The van der Waals surface area contributed by atoms with Gasteiger partial charge in [0.05, 0.1) is 32.2 Å². The number of rotatable bonds is 16. The molecule has 1 aliphatic rings. The fraction of sp³-hybridized carbons (Fsp3) is 0.210. The Bertz CT molecular complexity index is 3700. The van der Waals surface area contributed by atoms with Crippen molar-refractivity contribution in [2.75, 3.05) is 38.3 Å². The van der Waals surface area contributed by atoms with Crippen LogP contribution in [-0.2, 0) is 29.3 Å². The lowest BCUT2D eigenvalue weighted by atomic mass is 9.97. The van der Waals surface area contributed by atoms with Crippen molar-refractivity contribution in [1.82, 2.24) is 19.5 Å². The number of hydrogen-bond acceptors (Lipinski definition) is 18. The maximum Gasteiger partial charge on any atom is 0.360 e. The maximum atomic E-state index is 12.1. The molecule has 0 bridgehead atoms. The van der Waals surface area contributed by atoms with Gasteiger partial charge in [-0.15, -0.1) is 0 Å². The number of carbonyl (C=O) groups is 3. The second-order valence-corrected chi connectivity index (χ2v) is 17.9. The van der Waals surface area contributed by atoms with E-state index in [2.05, 4.69) is 74.5 Å². The van der Waals surface area contributed by atoms with Crippen LogP contribution in [0.5, 0.6) is 17.2 Å². The molecule has 0 unspecified atom stereocenters. The monoisotopic (exact) mass is 1150 g/mol. The molecule has 428 valence electrons. The molecule has 0 amide bonds. The minimum atomic E-state index is -0.865. The van der Waals surface area contributed by atoms with Crippen LogP contribution in [0, 0.1) is 6.57 Å². The summed E-state index contributed by atoms with van der Waals surface area (Å²) in [7, 11) is 1.22. The zero-order valence-electron chi connectivity index (χ0n) is 46.0. The molecule has 20 nitrogen and oxygen atoms in total. The molecule has 6 heterocycles. The van der Waals surface area contributed by atoms with E-state index in [9.17, 15) is 33.9 Å². The SMILES string of the molecule is CCN(CC)CC.COC(=O)c1ncoc1-c1occc(=O)c1OCc1ccccc1.O=C(Cl)c1occc(=O)c1OCc1ccccc1.O=c1ccn2c(c1O)-c1ocnc1CN2C(c1ccccc1)c1ccccc1.[C-]#[N+]CC(C)=O. The molecule has 10 rings (SSSR count). The number of carbonyl (C=O) groups excluding carboxylic acids is 3. The number of esters is 1. The van der Waals surface area contributed by atoms with Gasteiger partial charge in [0.15, 0.2) is 35.7 Å². The Kier molecular flexibility index (Phi) is 23.7. The van der Waals surface area contributed by atoms with Crippen LogP contribution < -0.4 is 30.8 Å². The van der Waals surface area contributed by atoms with Gasteiger partial charge < -0.3 is 46.7 Å². The lowest BCUT2D eigenvalue weighted by Crippen LogP contribution is -2.42. The van der Waals surface area contributed by atoms with E-state index < -0.39 is 27.5 Å². The van der Waals surface area contributed by atoms with Crippen molar-refractivity contribution in [2.24, 2.45) is 0 Å². The number of benzene rings is 4. The third-order valence-electron chi connectivity index (χ3n) is 12.1. The van der Waals surface area contributed by atoms with E-state index in [4.69, 9.17) is 45.3 Å². The van der Waals surface area contributed by atoms with Crippen LogP contribution in [-0.4, -0.2) is 74.9 Å². The predicted molar refractivity (Wildman–Crippen MR) is 309 cm³/mol. The molecule has 0 aliphatic carbocycles. The minimum absolute atomic E-state index is 0.0173.